The second-order valence-electron chi connectivity index (χ2n) is 7.46. The Bertz CT molecular complexity index is 908. The molecular formula is C21H26N4O2. The topological polar surface area (TPSA) is 96.9 Å². The van der Waals surface area contributed by atoms with Gasteiger partial charge in [-0.1, -0.05) is 37.5 Å². The van der Waals surface area contributed by atoms with Crippen LogP contribution in [0.1, 0.15) is 60.1 Å². The Hall–Kier alpha value is -2.60. The van der Waals surface area contributed by atoms with Crippen molar-refractivity contribution in [3.63, 3.8) is 0 Å². The van der Waals surface area contributed by atoms with Crippen LogP contribution in [0.5, 0.6) is 0 Å². The Morgan fingerprint density at radius 3 is 2.96 bits per heavy atom. The minimum absolute atomic E-state index is 0.185. The maximum absolute atomic E-state index is 12.3. The maximum Gasteiger partial charge on any atom is 0.273 e. The highest BCUT2D eigenvalue weighted by atomic mass is 16.3. The van der Waals surface area contributed by atoms with Gasteiger partial charge in [-0.15, -0.1) is 0 Å². The molecule has 4 rings (SSSR count). The normalized spacial score (nSPS) is 16.5. The standard InChI is InChI=1S/C21H26N4O2/c22-17(10-15-12-23-18-9-5-4-8-16(15)18)21-25-19(13-27-21)20(26)24-11-14-6-2-1-3-7-14/h4-5,8-9,12-14,17,23H,1-3,6-7,10-11,22H2,(H,24,26). The summed E-state index contributed by atoms with van der Waals surface area (Å²) in [5.41, 5.74) is 8.77. The molecule has 142 valence electrons. The number of carbonyl (C=O) groups is 1. The first-order valence-corrected chi connectivity index (χ1v) is 9.75. The van der Waals surface area contributed by atoms with Crippen LogP contribution in [-0.2, 0) is 6.42 Å². The van der Waals surface area contributed by atoms with Crippen molar-refractivity contribution in [3.8, 4) is 0 Å². The number of hydrogen-bond donors (Lipinski definition) is 3. The van der Waals surface area contributed by atoms with Gasteiger partial charge in [0.2, 0.25) is 5.89 Å². The van der Waals surface area contributed by atoms with Gasteiger partial charge in [0.05, 0.1) is 6.04 Å². The number of H-pyrrole nitrogens is 1. The number of amides is 1. The van der Waals surface area contributed by atoms with Gasteiger partial charge in [0, 0.05) is 23.6 Å². The second-order valence-corrected chi connectivity index (χ2v) is 7.46. The Balaban J connectivity index is 1.37. The van der Waals surface area contributed by atoms with Gasteiger partial charge in [-0.05, 0) is 36.8 Å². The highest BCUT2D eigenvalue weighted by molar-refractivity contribution is 5.91. The number of benzene rings is 1. The van der Waals surface area contributed by atoms with Crippen LogP contribution < -0.4 is 11.1 Å². The summed E-state index contributed by atoms with van der Waals surface area (Å²) in [6.07, 6.45) is 10.2. The van der Waals surface area contributed by atoms with Crippen LogP contribution in [0.15, 0.2) is 41.1 Å². The number of oxazole rings is 1. The van der Waals surface area contributed by atoms with Crippen molar-refractivity contribution in [2.24, 2.45) is 11.7 Å². The first kappa shape index (κ1) is 17.8. The zero-order valence-corrected chi connectivity index (χ0v) is 15.4. The molecule has 1 atom stereocenters. The Kier molecular flexibility index (Phi) is 5.25. The molecule has 1 aromatic carbocycles. The predicted molar refractivity (Wildman–Crippen MR) is 104 cm³/mol. The first-order valence-electron chi connectivity index (χ1n) is 9.75. The Morgan fingerprint density at radius 2 is 2.11 bits per heavy atom. The molecule has 0 aliphatic heterocycles. The van der Waals surface area contributed by atoms with Gasteiger partial charge in [-0.2, -0.15) is 0 Å². The van der Waals surface area contributed by atoms with Gasteiger partial charge in [-0.25, -0.2) is 4.98 Å². The van der Waals surface area contributed by atoms with Gasteiger partial charge in [0.15, 0.2) is 5.69 Å². The third kappa shape index (κ3) is 4.06. The van der Waals surface area contributed by atoms with E-state index in [1.807, 2.05) is 24.4 Å². The summed E-state index contributed by atoms with van der Waals surface area (Å²) in [5, 5.41) is 4.13. The smallest absolute Gasteiger partial charge is 0.273 e. The van der Waals surface area contributed by atoms with E-state index in [1.165, 1.54) is 38.4 Å². The monoisotopic (exact) mass is 366 g/mol. The predicted octanol–water partition coefficient (Wildman–Crippen LogP) is 3.71. The van der Waals surface area contributed by atoms with Crippen LogP contribution in [0, 0.1) is 5.92 Å². The summed E-state index contributed by atoms with van der Waals surface area (Å²) in [6.45, 7) is 0.711. The van der Waals surface area contributed by atoms with Crippen molar-refractivity contribution in [1.29, 1.82) is 0 Å². The van der Waals surface area contributed by atoms with Crippen molar-refractivity contribution in [2.45, 2.75) is 44.6 Å². The zero-order chi connectivity index (χ0) is 18.6. The van der Waals surface area contributed by atoms with Crippen molar-refractivity contribution < 1.29 is 9.21 Å². The summed E-state index contributed by atoms with van der Waals surface area (Å²) in [4.78, 5) is 19.9. The quantitative estimate of drug-likeness (QED) is 0.619. The average molecular weight is 366 g/mol. The van der Waals surface area contributed by atoms with Crippen LogP contribution in [-0.4, -0.2) is 22.4 Å². The van der Waals surface area contributed by atoms with E-state index in [2.05, 4.69) is 21.4 Å². The fourth-order valence-electron chi connectivity index (χ4n) is 3.91. The van der Waals surface area contributed by atoms with Crippen molar-refractivity contribution in [2.75, 3.05) is 6.54 Å². The molecule has 0 radical (unpaired) electrons. The summed E-state index contributed by atoms with van der Waals surface area (Å²) in [5.74, 6) is 0.788. The summed E-state index contributed by atoms with van der Waals surface area (Å²) in [6, 6.07) is 7.70. The molecule has 2 aromatic heterocycles. The van der Waals surface area contributed by atoms with Gasteiger partial charge in [0.25, 0.3) is 5.91 Å². The molecule has 0 spiro atoms. The third-order valence-corrected chi connectivity index (χ3v) is 5.46. The van der Waals surface area contributed by atoms with E-state index < -0.39 is 6.04 Å². The lowest BCUT2D eigenvalue weighted by Crippen LogP contribution is -2.30. The molecule has 1 unspecified atom stereocenters. The molecule has 0 bridgehead atoms. The molecule has 1 aliphatic carbocycles. The lowest BCUT2D eigenvalue weighted by molar-refractivity contribution is 0.0938. The summed E-state index contributed by atoms with van der Waals surface area (Å²) >= 11 is 0. The van der Waals surface area contributed by atoms with E-state index in [4.69, 9.17) is 10.2 Å². The highest BCUT2D eigenvalue weighted by Gasteiger charge is 2.20. The number of nitrogens with one attached hydrogen (secondary N) is 2. The minimum Gasteiger partial charge on any atom is -0.446 e. The molecule has 4 N–H and O–H groups in total. The minimum atomic E-state index is -0.399. The lowest BCUT2D eigenvalue weighted by atomic mass is 9.89. The van der Waals surface area contributed by atoms with Crippen LogP contribution >= 0.6 is 0 Å². The molecule has 0 saturated heterocycles. The largest absolute Gasteiger partial charge is 0.446 e. The molecule has 1 fully saturated rings. The maximum atomic E-state index is 12.3. The third-order valence-electron chi connectivity index (χ3n) is 5.46. The molecule has 1 amide bonds. The van der Waals surface area contributed by atoms with Gasteiger partial charge in [0.1, 0.15) is 6.26 Å². The summed E-state index contributed by atoms with van der Waals surface area (Å²) < 4.78 is 5.49. The number of nitrogens with two attached hydrogens (primary N) is 1. The van der Waals surface area contributed by atoms with Crippen LogP contribution in [0.3, 0.4) is 0 Å². The number of hydrogen-bond acceptors (Lipinski definition) is 4. The molecule has 6 nitrogen and oxygen atoms in total. The highest BCUT2D eigenvalue weighted by Crippen LogP contribution is 2.24. The molecule has 27 heavy (non-hydrogen) atoms. The number of carbonyl (C=O) groups excluding carboxylic acids is 1. The van der Waals surface area contributed by atoms with E-state index in [1.54, 1.807) is 0 Å². The number of rotatable bonds is 6. The van der Waals surface area contributed by atoms with Crippen molar-refractivity contribution in [1.82, 2.24) is 15.3 Å². The number of fused-ring (bicyclic) bond motifs is 1. The molecule has 1 aliphatic rings. The zero-order valence-electron chi connectivity index (χ0n) is 15.4. The number of para-hydroxylation sites is 1. The van der Waals surface area contributed by atoms with Gasteiger partial charge >= 0.3 is 0 Å². The van der Waals surface area contributed by atoms with Crippen molar-refractivity contribution in [3.05, 3.63) is 53.9 Å². The van der Waals surface area contributed by atoms with Gasteiger partial charge < -0.3 is 20.5 Å². The van der Waals surface area contributed by atoms with E-state index >= 15 is 0 Å². The van der Waals surface area contributed by atoms with E-state index in [0.29, 0.717) is 30.5 Å². The number of aromatic nitrogens is 2. The van der Waals surface area contributed by atoms with Crippen LogP contribution in [0.2, 0.25) is 0 Å². The fraction of sp³-hybridized carbons (Fsp3) is 0.429. The molecule has 3 aromatic rings. The molecule has 1 saturated carbocycles. The molecular weight excluding hydrogens is 340 g/mol. The van der Waals surface area contributed by atoms with E-state index in [-0.39, 0.29) is 5.91 Å². The lowest BCUT2D eigenvalue weighted by Gasteiger charge is -2.21. The fourth-order valence-corrected chi connectivity index (χ4v) is 3.91. The molecule has 2 heterocycles. The Labute approximate surface area is 158 Å². The number of nitrogens with zero attached hydrogens (tertiary/aromatic N) is 1. The van der Waals surface area contributed by atoms with E-state index in [9.17, 15) is 4.79 Å². The van der Waals surface area contributed by atoms with Crippen molar-refractivity contribution >= 4 is 16.8 Å². The number of aromatic amines is 1. The molecule has 6 heteroatoms. The average Bonchev–Trinajstić information content (AvgIpc) is 3.35. The second kappa shape index (κ2) is 7.96. The Morgan fingerprint density at radius 1 is 1.30 bits per heavy atom. The van der Waals surface area contributed by atoms with Gasteiger partial charge in [-0.3, -0.25) is 4.79 Å². The summed E-state index contributed by atoms with van der Waals surface area (Å²) in [7, 11) is 0. The first-order chi connectivity index (χ1) is 13.2. The van der Waals surface area contributed by atoms with Crippen LogP contribution in [0.25, 0.3) is 10.9 Å². The SMILES string of the molecule is NC(Cc1c[nH]c2ccccc12)c1nc(C(=O)NCC2CCCCC2)co1. The van der Waals surface area contributed by atoms with E-state index in [0.717, 1.165) is 16.5 Å². The van der Waals surface area contributed by atoms with Crippen LogP contribution in [0.4, 0.5) is 0 Å².